The maximum absolute atomic E-state index is 6.20. The molecule has 27 heavy (non-hydrogen) atoms. The molecule has 9 heteroatoms. The van der Waals surface area contributed by atoms with Crippen molar-refractivity contribution in [1.29, 1.82) is 0 Å². The van der Waals surface area contributed by atoms with Crippen LogP contribution in [0.5, 0.6) is 0 Å². The maximum atomic E-state index is 6.20. The molecule has 1 fully saturated rings. The van der Waals surface area contributed by atoms with Crippen molar-refractivity contribution in [2.75, 3.05) is 0 Å². The molecule has 0 atom stereocenters. The molecule has 0 unspecified atom stereocenters. The predicted octanol–water partition coefficient (Wildman–Crippen LogP) is 5.34. The zero-order chi connectivity index (χ0) is 18.2. The summed E-state index contributed by atoms with van der Waals surface area (Å²) in [5.41, 5.74) is 0.740. The monoisotopic (exact) mass is 415 g/mol. The molecule has 6 nitrogen and oxygen atoms in total. The van der Waals surface area contributed by atoms with Crippen molar-refractivity contribution in [1.82, 2.24) is 25.0 Å². The molecule has 1 saturated carbocycles. The zero-order valence-corrected chi connectivity index (χ0v) is 16.5. The van der Waals surface area contributed by atoms with Gasteiger partial charge in [-0.1, -0.05) is 41.6 Å². The van der Waals surface area contributed by atoms with E-state index in [4.69, 9.17) is 16.0 Å². The van der Waals surface area contributed by atoms with Gasteiger partial charge in [0.2, 0.25) is 11.8 Å². The van der Waals surface area contributed by atoms with Gasteiger partial charge >= 0.3 is 0 Å². The summed E-state index contributed by atoms with van der Waals surface area (Å²) in [6.45, 7) is 0. The normalized spacial score (nSPS) is 14.0. The molecule has 0 saturated heterocycles. The summed E-state index contributed by atoms with van der Waals surface area (Å²) in [7, 11) is 0. The van der Waals surface area contributed by atoms with E-state index in [0.717, 1.165) is 21.4 Å². The third kappa shape index (κ3) is 3.40. The number of nitrogens with zero attached hydrogens (tertiary/aromatic N) is 5. The topological polar surface area (TPSA) is 69.6 Å². The average molecular weight is 416 g/mol. The first-order valence-corrected chi connectivity index (χ1v) is 10.7. The molecular weight excluding hydrogens is 402 g/mol. The second kappa shape index (κ2) is 7.10. The Bertz CT molecular complexity index is 1070. The lowest BCUT2D eigenvalue weighted by atomic mass is 10.2. The van der Waals surface area contributed by atoms with Gasteiger partial charge in [0.1, 0.15) is 0 Å². The third-order valence-electron chi connectivity index (χ3n) is 4.21. The summed E-state index contributed by atoms with van der Waals surface area (Å²) in [6.07, 6.45) is 2.34. The lowest BCUT2D eigenvalue weighted by molar-refractivity contribution is 0.528. The Morgan fingerprint density at radius 3 is 2.78 bits per heavy atom. The van der Waals surface area contributed by atoms with Crippen molar-refractivity contribution >= 4 is 34.7 Å². The Kier molecular flexibility index (Phi) is 4.47. The highest BCUT2D eigenvalue weighted by Gasteiger charge is 2.30. The molecule has 0 spiro atoms. The number of thioether (sulfide) groups is 1. The fraction of sp³-hybridized carbons (Fsp3) is 0.222. The van der Waals surface area contributed by atoms with E-state index >= 15 is 0 Å². The zero-order valence-electron chi connectivity index (χ0n) is 14.1. The molecule has 136 valence electrons. The summed E-state index contributed by atoms with van der Waals surface area (Å²) in [5, 5.41) is 20.6. The summed E-state index contributed by atoms with van der Waals surface area (Å²) in [6, 6.07) is 12.0. The van der Waals surface area contributed by atoms with Gasteiger partial charge in [-0.2, -0.15) is 0 Å². The molecule has 5 rings (SSSR count). The number of thiophene rings is 1. The van der Waals surface area contributed by atoms with Crippen LogP contribution in [0.2, 0.25) is 5.02 Å². The Labute approximate surface area is 168 Å². The summed E-state index contributed by atoms with van der Waals surface area (Å²) in [4.78, 5) is 1.14. The van der Waals surface area contributed by atoms with E-state index in [2.05, 4.69) is 36.4 Å². The predicted molar refractivity (Wildman–Crippen MR) is 106 cm³/mol. The first-order valence-electron chi connectivity index (χ1n) is 8.48. The molecule has 1 aromatic carbocycles. The fourth-order valence-corrected chi connectivity index (χ4v) is 4.56. The van der Waals surface area contributed by atoms with Crippen LogP contribution in [0.15, 0.2) is 51.4 Å². The smallest absolute Gasteiger partial charge is 0.249 e. The number of hydrogen-bond donors (Lipinski definition) is 0. The Morgan fingerprint density at radius 2 is 2.00 bits per heavy atom. The van der Waals surface area contributed by atoms with Crippen LogP contribution in [-0.4, -0.2) is 25.0 Å². The van der Waals surface area contributed by atoms with Crippen molar-refractivity contribution in [3.05, 3.63) is 52.7 Å². The first-order chi connectivity index (χ1) is 13.3. The van der Waals surface area contributed by atoms with Crippen LogP contribution in [0.25, 0.3) is 22.2 Å². The molecule has 0 aliphatic heterocycles. The van der Waals surface area contributed by atoms with Crippen molar-refractivity contribution in [3.63, 3.8) is 0 Å². The highest BCUT2D eigenvalue weighted by Crippen LogP contribution is 2.42. The first kappa shape index (κ1) is 17.0. The van der Waals surface area contributed by atoms with Gasteiger partial charge < -0.3 is 4.42 Å². The molecule has 1 aliphatic rings. The van der Waals surface area contributed by atoms with Crippen molar-refractivity contribution in [2.45, 2.75) is 29.8 Å². The standard InChI is InChI=1S/C18H14ClN5OS2/c19-13-5-2-1-4-12(13)17-22-20-15(25-17)10-27-18-23-21-16(14-6-3-9-26-14)24(18)11-7-8-11/h1-6,9,11H,7-8,10H2. The number of halogens is 1. The van der Waals surface area contributed by atoms with Gasteiger partial charge in [0, 0.05) is 6.04 Å². The van der Waals surface area contributed by atoms with Crippen LogP contribution in [0.3, 0.4) is 0 Å². The highest BCUT2D eigenvalue weighted by molar-refractivity contribution is 7.98. The summed E-state index contributed by atoms with van der Waals surface area (Å²) >= 11 is 9.45. The lowest BCUT2D eigenvalue weighted by Crippen LogP contribution is -1.99. The molecular formula is C18H14ClN5OS2. The Morgan fingerprint density at radius 1 is 1.11 bits per heavy atom. The second-order valence-electron chi connectivity index (χ2n) is 6.15. The van der Waals surface area contributed by atoms with Crippen LogP contribution < -0.4 is 0 Å². The minimum Gasteiger partial charge on any atom is -0.420 e. The van der Waals surface area contributed by atoms with Gasteiger partial charge in [-0.05, 0) is 36.4 Å². The van der Waals surface area contributed by atoms with E-state index in [1.807, 2.05) is 24.3 Å². The summed E-state index contributed by atoms with van der Waals surface area (Å²) < 4.78 is 8.02. The molecule has 3 aromatic heterocycles. The van der Waals surface area contributed by atoms with E-state index in [0.29, 0.717) is 28.6 Å². The molecule has 4 aromatic rings. The van der Waals surface area contributed by atoms with Gasteiger partial charge in [-0.25, -0.2) is 0 Å². The molecule has 3 heterocycles. The van der Waals surface area contributed by atoms with Crippen molar-refractivity contribution in [2.24, 2.45) is 0 Å². The van der Waals surface area contributed by atoms with Crippen LogP contribution in [0.1, 0.15) is 24.8 Å². The largest absolute Gasteiger partial charge is 0.420 e. The van der Waals surface area contributed by atoms with Crippen LogP contribution in [-0.2, 0) is 5.75 Å². The van der Waals surface area contributed by atoms with E-state index < -0.39 is 0 Å². The van der Waals surface area contributed by atoms with E-state index in [-0.39, 0.29) is 0 Å². The second-order valence-corrected chi connectivity index (χ2v) is 8.45. The van der Waals surface area contributed by atoms with E-state index in [1.54, 1.807) is 29.2 Å². The fourth-order valence-electron chi connectivity index (χ4n) is 2.79. The molecule has 0 radical (unpaired) electrons. The molecule has 0 N–H and O–H groups in total. The SMILES string of the molecule is Clc1ccccc1-c1nnc(CSc2nnc(-c3cccs3)n2C2CC2)o1. The lowest BCUT2D eigenvalue weighted by Gasteiger charge is -2.06. The van der Waals surface area contributed by atoms with Crippen LogP contribution >= 0.6 is 34.7 Å². The average Bonchev–Trinajstić information content (AvgIpc) is 3.10. The van der Waals surface area contributed by atoms with Crippen LogP contribution in [0.4, 0.5) is 0 Å². The quantitative estimate of drug-likeness (QED) is 0.396. The van der Waals surface area contributed by atoms with Gasteiger partial charge in [0.05, 0.1) is 21.2 Å². The van der Waals surface area contributed by atoms with Crippen molar-refractivity contribution in [3.8, 4) is 22.2 Å². The highest BCUT2D eigenvalue weighted by atomic mass is 35.5. The van der Waals surface area contributed by atoms with Gasteiger partial charge in [0.15, 0.2) is 11.0 Å². The van der Waals surface area contributed by atoms with Gasteiger partial charge in [-0.3, -0.25) is 4.57 Å². The third-order valence-corrected chi connectivity index (χ3v) is 6.34. The Balaban J connectivity index is 1.36. The number of aromatic nitrogens is 5. The van der Waals surface area contributed by atoms with Crippen molar-refractivity contribution < 1.29 is 4.42 Å². The number of rotatable bonds is 6. The Hall–Kier alpha value is -2.16. The molecule has 0 amide bonds. The molecule has 1 aliphatic carbocycles. The van der Waals surface area contributed by atoms with Gasteiger partial charge in [-0.15, -0.1) is 31.7 Å². The molecule has 0 bridgehead atoms. The van der Waals surface area contributed by atoms with E-state index in [1.165, 1.54) is 12.8 Å². The number of benzene rings is 1. The van der Waals surface area contributed by atoms with Crippen LogP contribution in [0, 0.1) is 0 Å². The minimum absolute atomic E-state index is 0.430. The number of hydrogen-bond acceptors (Lipinski definition) is 7. The van der Waals surface area contributed by atoms with Gasteiger partial charge in [0.25, 0.3) is 0 Å². The maximum Gasteiger partial charge on any atom is 0.249 e. The summed E-state index contributed by atoms with van der Waals surface area (Å²) in [5.74, 6) is 2.45. The van der Waals surface area contributed by atoms with E-state index in [9.17, 15) is 0 Å². The minimum atomic E-state index is 0.430.